The predicted molar refractivity (Wildman–Crippen MR) is 169 cm³/mol. The molecule has 1 fully saturated rings. The number of hydrogen-bond acceptors (Lipinski definition) is 5. The highest BCUT2D eigenvalue weighted by molar-refractivity contribution is 8.14. The number of aromatic nitrogens is 3. The van der Waals surface area contributed by atoms with Gasteiger partial charge in [-0.3, -0.25) is 4.79 Å². The van der Waals surface area contributed by atoms with Crippen molar-refractivity contribution >= 4 is 34.6 Å². The predicted octanol–water partition coefficient (Wildman–Crippen LogP) is 8.19. The second-order valence-electron chi connectivity index (χ2n) is 10.8. The number of rotatable bonds is 8. The Labute approximate surface area is 258 Å². The highest BCUT2D eigenvalue weighted by atomic mass is 32.2. The summed E-state index contributed by atoms with van der Waals surface area (Å²) in [4.78, 5) is 23.9. The quantitative estimate of drug-likeness (QED) is 0.198. The van der Waals surface area contributed by atoms with Gasteiger partial charge in [0, 0.05) is 23.5 Å². The minimum atomic E-state index is -4.75. The molecule has 1 aliphatic rings. The molecule has 0 spiro atoms. The fourth-order valence-corrected chi connectivity index (χ4v) is 6.11. The van der Waals surface area contributed by atoms with Gasteiger partial charge in [0.05, 0.1) is 12.1 Å². The van der Waals surface area contributed by atoms with Crippen molar-refractivity contribution < 1.29 is 22.7 Å². The largest absolute Gasteiger partial charge is 0.573 e. The highest BCUT2D eigenvalue weighted by Gasteiger charge is 2.31. The van der Waals surface area contributed by atoms with Crippen LogP contribution in [0.25, 0.3) is 23.2 Å². The third kappa shape index (κ3) is 7.57. The molecule has 0 atom stereocenters. The number of benzene rings is 3. The number of carbonyl (C=O) groups is 1. The third-order valence-corrected chi connectivity index (χ3v) is 7.96. The summed E-state index contributed by atoms with van der Waals surface area (Å²) in [6, 6.07) is 19.3. The van der Waals surface area contributed by atoms with E-state index < -0.39 is 6.36 Å². The zero-order valence-electron chi connectivity index (χ0n) is 24.8. The summed E-state index contributed by atoms with van der Waals surface area (Å²) in [6.45, 7) is 9.22. The Bertz CT molecular complexity index is 1690. The molecule has 11 heteroatoms. The number of halogens is 3. The molecule has 5 rings (SSSR count). The number of nitrogens with zero attached hydrogens (tertiary/aromatic N) is 5. The average molecular weight is 620 g/mol. The van der Waals surface area contributed by atoms with Gasteiger partial charge in [0.1, 0.15) is 12.1 Å². The van der Waals surface area contributed by atoms with Crippen LogP contribution in [0.2, 0.25) is 0 Å². The Morgan fingerprint density at radius 2 is 1.82 bits per heavy atom. The second kappa shape index (κ2) is 13.1. The van der Waals surface area contributed by atoms with E-state index in [-0.39, 0.29) is 18.1 Å². The summed E-state index contributed by atoms with van der Waals surface area (Å²) in [5.74, 6) is 1.22. The molecule has 1 saturated heterocycles. The molecular weight excluding hydrogens is 587 g/mol. The van der Waals surface area contributed by atoms with E-state index in [1.54, 1.807) is 11.8 Å². The normalized spacial score (nSPS) is 15.0. The summed E-state index contributed by atoms with van der Waals surface area (Å²) in [5.41, 5.74) is 6.77. The van der Waals surface area contributed by atoms with Gasteiger partial charge >= 0.3 is 6.36 Å². The minimum absolute atomic E-state index is 0.184. The molecule has 0 unspecified atom stereocenters. The highest BCUT2D eigenvalue weighted by Crippen LogP contribution is 2.35. The summed E-state index contributed by atoms with van der Waals surface area (Å²) in [6.07, 6.45) is -1.09. The van der Waals surface area contributed by atoms with Crippen molar-refractivity contribution in [1.29, 1.82) is 0 Å². The monoisotopic (exact) mass is 619 g/mol. The molecule has 1 aromatic heterocycles. The first-order chi connectivity index (χ1) is 21.0. The van der Waals surface area contributed by atoms with Gasteiger partial charge in [-0.2, -0.15) is 4.99 Å². The molecule has 0 aliphatic carbocycles. The zero-order valence-corrected chi connectivity index (χ0v) is 25.6. The standard InChI is InChI=1S/C33H32F3N5O2S/c1-21(2)30-23(4)6-5-7-28(30)40-16-17-44-32(40)38-29(42)19-22(3)18-24-8-10-25(11-9-24)31-37-20-41(39-31)26-12-14-27(15-13-26)43-33(34,35)36/h5-15,18,20-21H,16-17,19H2,1-4H3/b22-18+,38-32-. The molecule has 44 heavy (non-hydrogen) atoms. The van der Waals surface area contributed by atoms with Crippen LogP contribution in [0, 0.1) is 6.92 Å². The van der Waals surface area contributed by atoms with Crippen molar-refractivity contribution in [2.24, 2.45) is 4.99 Å². The van der Waals surface area contributed by atoms with Crippen LogP contribution in [-0.2, 0) is 4.79 Å². The molecule has 0 saturated carbocycles. The summed E-state index contributed by atoms with van der Waals surface area (Å²) < 4.78 is 42.6. The number of alkyl halides is 3. The Morgan fingerprint density at radius 3 is 2.50 bits per heavy atom. The second-order valence-corrected chi connectivity index (χ2v) is 11.9. The maximum absolute atomic E-state index is 13.0. The van der Waals surface area contributed by atoms with Gasteiger partial charge in [0.2, 0.25) is 0 Å². The third-order valence-electron chi connectivity index (χ3n) is 7.01. The topological polar surface area (TPSA) is 72.6 Å². The fourth-order valence-electron chi connectivity index (χ4n) is 5.14. The maximum atomic E-state index is 13.0. The summed E-state index contributed by atoms with van der Waals surface area (Å²) in [5, 5.41) is 5.19. The van der Waals surface area contributed by atoms with Gasteiger partial charge in [-0.1, -0.05) is 73.7 Å². The number of aliphatic imine (C=N–C) groups is 1. The molecule has 0 N–H and O–H groups in total. The first kappa shape index (κ1) is 31.1. The van der Waals surface area contributed by atoms with E-state index in [1.807, 2.05) is 37.3 Å². The van der Waals surface area contributed by atoms with Gasteiger partial charge in [-0.05, 0) is 66.8 Å². The van der Waals surface area contributed by atoms with Gasteiger partial charge < -0.3 is 9.64 Å². The lowest BCUT2D eigenvalue weighted by atomic mass is 9.95. The fraction of sp³-hybridized carbons (Fsp3) is 0.273. The number of anilines is 1. The summed E-state index contributed by atoms with van der Waals surface area (Å²) >= 11 is 1.61. The molecule has 4 aromatic rings. The lowest BCUT2D eigenvalue weighted by Gasteiger charge is -2.24. The molecule has 1 amide bonds. The van der Waals surface area contributed by atoms with E-state index in [0.29, 0.717) is 17.4 Å². The first-order valence-corrected chi connectivity index (χ1v) is 15.1. The minimum Gasteiger partial charge on any atom is -0.406 e. The maximum Gasteiger partial charge on any atom is 0.573 e. The number of amides is 1. The smallest absolute Gasteiger partial charge is 0.406 e. The van der Waals surface area contributed by atoms with Crippen LogP contribution in [0.15, 0.2) is 83.6 Å². The van der Waals surface area contributed by atoms with Gasteiger partial charge in [0.25, 0.3) is 5.91 Å². The SMILES string of the molecule is C/C(=C\c1ccc(-c2ncn(-c3ccc(OC(F)(F)F)cc3)n2)cc1)CC(=O)/N=C1\SCCN1c1cccc(C)c1C(C)C. The van der Waals surface area contributed by atoms with E-state index in [1.165, 1.54) is 46.4 Å². The van der Waals surface area contributed by atoms with Crippen LogP contribution in [0.4, 0.5) is 18.9 Å². The van der Waals surface area contributed by atoms with Crippen LogP contribution in [0.1, 0.15) is 49.8 Å². The Kier molecular flexibility index (Phi) is 9.24. The lowest BCUT2D eigenvalue weighted by molar-refractivity contribution is -0.274. The molecule has 0 radical (unpaired) electrons. The van der Waals surface area contributed by atoms with Crippen molar-refractivity contribution in [3.05, 3.63) is 95.3 Å². The summed E-state index contributed by atoms with van der Waals surface area (Å²) in [7, 11) is 0. The van der Waals surface area contributed by atoms with Crippen molar-refractivity contribution in [1.82, 2.24) is 14.8 Å². The van der Waals surface area contributed by atoms with E-state index in [2.05, 4.69) is 63.7 Å². The van der Waals surface area contributed by atoms with Gasteiger partial charge in [-0.25, -0.2) is 9.67 Å². The van der Waals surface area contributed by atoms with Crippen LogP contribution in [-0.4, -0.2) is 44.5 Å². The number of amidine groups is 1. The zero-order chi connectivity index (χ0) is 31.4. The van der Waals surface area contributed by atoms with E-state index in [0.717, 1.165) is 39.9 Å². The van der Waals surface area contributed by atoms with Crippen molar-refractivity contribution in [2.75, 3.05) is 17.2 Å². The van der Waals surface area contributed by atoms with Crippen molar-refractivity contribution in [3.63, 3.8) is 0 Å². The molecule has 228 valence electrons. The van der Waals surface area contributed by atoms with Crippen molar-refractivity contribution in [2.45, 2.75) is 46.4 Å². The van der Waals surface area contributed by atoms with E-state index in [4.69, 9.17) is 0 Å². The van der Waals surface area contributed by atoms with Crippen LogP contribution in [0.5, 0.6) is 5.75 Å². The van der Waals surface area contributed by atoms with E-state index >= 15 is 0 Å². The number of carbonyl (C=O) groups excluding carboxylic acids is 1. The lowest BCUT2D eigenvalue weighted by Crippen LogP contribution is -2.26. The molecular formula is C33H32F3N5O2S. The van der Waals surface area contributed by atoms with E-state index in [9.17, 15) is 18.0 Å². The molecule has 2 heterocycles. The molecule has 7 nitrogen and oxygen atoms in total. The van der Waals surface area contributed by atoms with Crippen LogP contribution < -0.4 is 9.64 Å². The number of hydrogen-bond donors (Lipinski definition) is 0. The Hall–Kier alpha value is -4.38. The average Bonchev–Trinajstić information content (AvgIpc) is 3.63. The molecule has 3 aromatic carbocycles. The number of aryl methyl sites for hydroxylation is 1. The van der Waals surface area contributed by atoms with Gasteiger partial charge in [-0.15, -0.1) is 18.3 Å². The van der Waals surface area contributed by atoms with Crippen molar-refractivity contribution in [3.8, 4) is 22.8 Å². The molecule has 1 aliphatic heterocycles. The Balaban J connectivity index is 1.23. The Morgan fingerprint density at radius 1 is 1.09 bits per heavy atom. The molecule has 0 bridgehead atoms. The first-order valence-electron chi connectivity index (χ1n) is 14.1. The van der Waals surface area contributed by atoms with Gasteiger partial charge in [0.15, 0.2) is 11.0 Å². The number of ether oxygens (including phenoxy) is 1. The number of thioether (sulfide) groups is 1. The van der Waals surface area contributed by atoms with Crippen LogP contribution >= 0.6 is 11.8 Å². The van der Waals surface area contributed by atoms with Crippen LogP contribution in [0.3, 0.4) is 0 Å².